The van der Waals surface area contributed by atoms with Gasteiger partial charge >= 0.3 is 5.97 Å². The molecule has 10 heavy (non-hydrogen) atoms. The second kappa shape index (κ2) is 3.62. The summed E-state index contributed by atoms with van der Waals surface area (Å²) < 4.78 is 0. The number of carboxylic acids is 1. The lowest BCUT2D eigenvalue weighted by Gasteiger charge is -2.01. The highest BCUT2D eigenvalue weighted by Crippen LogP contribution is 1.80. The zero-order valence-electron chi connectivity index (χ0n) is 4.97. The van der Waals surface area contributed by atoms with Gasteiger partial charge in [-0.2, -0.15) is 0 Å². The lowest BCUT2D eigenvalue weighted by atomic mass is 10.3. The summed E-state index contributed by atoms with van der Waals surface area (Å²) in [6.45, 7) is -0.564. The lowest BCUT2D eigenvalue weighted by molar-refractivity contribution is -0.556. The molecule has 0 spiro atoms. The molecule has 0 aromatic heterocycles. The number of carboxylic acid groups (broad SMARTS) is 1. The van der Waals surface area contributed by atoms with Gasteiger partial charge in [0.25, 0.3) is 0 Å². The van der Waals surface area contributed by atoms with Crippen LogP contribution in [0.1, 0.15) is 0 Å². The topological polar surface area (TPSA) is 122 Å². The summed E-state index contributed by atoms with van der Waals surface area (Å²) in [5, 5.41) is 28.1. The van der Waals surface area contributed by atoms with Gasteiger partial charge in [0.05, 0.1) is 0 Å². The summed E-state index contributed by atoms with van der Waals surface area (Å²) >= 11 is 0. The second-order valence-corrected chi connectivity index (χ2v) is 1.57. The summed E-state index contributed by atoms with van der Waals surface area (Å²) in [5.41, 5.74) is 4.88. The van der Waals surface area contributed by atoms with Gasteiger partial charge in [0.2, 0.25) is 6.54 Å². The minimum absolute atomic E-state index is 0.210. The van der Waals surface area contributed by atoms with Gasteiger partial charge in [-0.15, -0.1) is 0 Å². The molecule has 0 fully saturated rings. The summed E-state index contributed by atoms with van der Waals surface area (Å²) in [7, 11) is 0. The van der Waals surface area contributed by atoms with E-state index in [2.05, 4.69) is 5.28 Å². The fourth-order valence-electron chi connectivity index (χ4n) is 0.283. The number of rotatable bonds is 3. The monoisotopic (exact) mass is 151 g/mol. The van der Waals surface area contributed by atoms with Crippen LogP contribution in [0.2, 0.25) is 0 Å². The third-order valence-electron chi connectivity index (χ3n) is 0.770. The molecule has 4 N–H and O–H groups in total. The van der Waals surface area contributed by atoms with Crippen LogP contribution in [0.3, 0.4) is 0 Å². The summed E-state index contributed by atoms with van der Waals surface area (Å²) in [6, 6.07) is -1.33. The molecule has 0 amide bonds. The Hall–Kier alpha value is -1.37. The maximum atomic E-state index is 10.1. The number of aliphatic carboxylic acids is 1. The van der Waals surface area contributed by atoms with Crippen LogP contribution in [-0.4, -0.2) is 33.7 Å². The normalized spacial score (nSPS) is 14.7. The van der Waals surface area contributed by atoms with Gasteiger partial charge in [0.15, 0.2) is 11.3 Å². The molecule has 0 radical (unpaired) electrons. The van der Waals surface area contributed by atoms with Crippen molar-refractivity contribution in [2.45, 2.75) is 6.04 Å². The third-order valence-corrected chi connectivity index (χ3v) is 0.770. The number of nitrogens with zero attached hydrogens (tertiary/aromatic N) is 2. The van der Waals surface area contributed by atoms with Gasteiger partial charge < -0.3 is 21.3 Å². The molecule has 0 saturated carbocycles. The zero-order chi connectivity index (χ0) is 8.15. The Labute approximate surface area is 55.9 Å². The van der Waals surface area contributed by atoms with Crippen LogP contribution < -0.4 is 5.73 Å². The molecule has 0 rings (SSSR count). The van der Waals surface area contributed by atoms with Crippen LogP contribution in [0.5, 0.6) is 0 Å². The van der Waals surface area contributed by atoms with Gasteiger partial charge in [-0.05, 0) is 0 Å². The van der Waals surface area contributed by atoms with Crippen molar-refractivity contribution in [3.05, 3.63) is 5.21 Å². The minimum atomic E-state index is -1.33. The fraction of sp³-hybridized carbons (Fsp3) is 0.667. The molecule has 0 aliphatic carbocycles. The summed E-state index contributed by atoms with van der Waals surface area (Å²) in [4.78, 5) is 9.73. The highest BCUT2D eigenvalue weighted by molar-refractivity contribution is 5.73. The first kappa shape index (κ1) is 8.63. The van der Waals surface area contributed by atoms with Crippen LogP contribution >= 0.6 is 0 Å². The molecule has 0 aromatic rings. The van der Waals surface area contributed by atoms with Crippen molar-refractivity contribution >= 4 is 5.97 Å². The smallest absolute Gasteiger partial charge is 0.327 e. The van der Waals surface area contributed by atoms with Crippen molar-refractivity contribution in [2.75, 3.05) is 6.54 Å². The highest BCUT2D eigenvalue weighted by Gasteiger charge is 2.16. The molecular formula is C3H7N3O4. The number of hydrogen-bond acceptors (Lipinski definition) is 4. The minimum Gasteiger partial charge on any atom is -0.597 e. The summed E-state index contributed by atoms with van der Waals surface area (Å²) in [5.74, 6) is -1.32. The van der Waals surface area contributed by atoms with Crippen LogP contribution in [-0.2, 0) is 4.79 Å². The Morgan fingerprint density at radius 1 is 1.90 bits per heavy atom. The van der Waals surface area contributed by atoms with E-state index in [1.54, 1.807) is 0 Å². The molecule has 7 heteroatoms. The molecule has 0 bridgehead atoms. The fourth-order valence-corrected chi connectivity index (χ4v) is 0.283. The molecule has 0 aromatic carbocycles. The standard InChI is InChI=1S/C3H7N3O4/c4-2(3(7)8)1-6(10)5-9/h2,9H,1,4H2,(H,7,8)/i5+1,6+1. The number of nitrogens with two attached hydrogens (primary N) is 1. The summed E-state index contributed by atoms with van der Waals surface area (Å²) in [6.07, 6.45) is 0. The Kier molecular flexibility index (Phi) is 3.12. The van der Waals surface area contributed by atoms with Crippen molar-refractivity contribution in [3.8, 4) is 0 Å². The van der Waals surface area contributed by atoms with Crippen molar-refractivity contribution in [1.29, 1.82) is 0 Å². The molecule has 1 atom stereocenters. The van der Waals surface area contributed by atoms with Gasteiger partial charge in [-0.3, -0.25) is 4.79 Å². The van der Waals surface area contributed by atoms with E-state index >= 15 is 0 Å². The highest BCUT2D eigenvalue weighted by atomic mass is 16.9. The molecule has 0 aliphatic heterocycles. The van der Waals surface area contributed by atoms with E-state index < -0.39 is 18.6 Å². The first-order chi connectivity index (χ1) is 4.57. The molecule has 0 aliphatic rings. The molecular weight excluding hydrogens is 144 g/mol. The van der Waals surface area contributed by atoms with Crippen molar-refractivity contribution in [3.63, 3.8) is 0 Å². The van der Waals surface area contributed by atoms with Crippen molar-refractivity contribution in [2.24, 2.45) is 11.0 Å². The predicted molar refractivity (Wildman–Crippen MR) is 28.3 cm³/mol. The first-order valence-electron chi connectivity index (χ1n) is 2.36. The van der Waals surface area contributed by atoms with E-state index in [-0.39, 0.29) is 4.86 Å². The molecule has 1 unspecified atom stereocenters. The van der Waals surface area contributed by atoms with Gasteiger partial charge in [0, 0.05) is 0 Å². The Morgan fingerprint density at radius 3 is 2.70 bits per heavy atom. The van der Waals surface area contributed by atoms with Crippen LogP contribution in [0.25, 0.3) is 0 Å². The molecule has 0 heterocycles. The zero-order valence-corrected chi connectivity index (χ0v) is 4.97. The Balaban J connectivity index is 3.80. The Morgan fingerprint density at radius 2 is 2.40 bits per heavy atom. The van der Waals surface area contributed by atoms with Crippen LogP contribution in [0.4, 0.5) is 0 Å². The average Bonchev–Trinajstić information content (AvgIpc) is 1.87. The van der Waals surface area contributed by atoms with E-state index in [9.17, 15) is 10.0 Å². The van der Waals surface area contributed by atoms with Gasteiger partial charge in [-0.1, -0.05) is 4.86 Å². The van der Waals surface area contributed by atoms with E-state index in [0.29, 0.717) is 0 Å². The quantitative estimate of drug-likeness (QED) is 0.201. The van der Waals surface area contributed by atoms with Crippen LogP contribution in [0.15, 0.2) is 5.28 Å². The lowest BCUT2D eigenvalue weighted by Crippen LogP contribution is -2.37. The average molecular weight is 151 g/mol. The maximum Gasteiger partial charge on any atom is 0.327 e. The Bertz CT molecular complexity index is 156. The van der Waals surface area contributed by atoms with Crippen molar-refractivity contribution in [1.82, 2.24) is 0 Å². The molecule has 0 saturated heterocycles. The second-order valence-electron chi connectivity index (χ2n) is 1.57. The van der Waals surface area contributed by atoms with Crippen LogP contribution in [0, 0.1) is 5.21 Å². The van der Waals surface area contributed by atoms with Crippen molar-refractivity contribution < 1.29 is 20.0 Å². The number of hydroxylamine groups is 1. The largest absolute Gasteiger partial charge is 0.597 e. The number of carbonyl (C=O) groups is 1. The SMILES string of the molecule is NC(C[15N+]([O-])=[15N]O)C(=O)O. The van der Waals surface area contributed by atoms with E-state index in [4.69, 9.17) is 16.0 Å². The van der Waals surface area contributed by atoms with E-state index in [1.807, 2.05) is 0 Å². The molecule has 58 valence electrons. The number of hydrogen-bond donors (Lipinski definition) is 3. The maximum absolute atomic E-state index is 10.1. The van der Waals surface area contributed by atoms with Gasteiger partial charge in [-0.25, -0.2) is 0 Å². The molecule has 7 nitrogen and oxygen atoms in total. The van der Waals surface area contributed by atoms with E-state index in [1.165, 1.54) is 0 Å². The van der Waals surface area contributed by atoms with Gasteiger partial charge in [0.1, 0.15) is 0 Å². The third kappa shape index (κ3) is 2.82. The predicted octanol–water partition coefficient (Wildman–Crippen LogP) is -1.25. The van der Waals surface area contributed by atoms with E-state index in [0.717, 1.165) is 0 Å². The first-order valence-corrected chi connectivity index (χ1v) is 2.36.